The predicted octanol–water partition coefficient (Wildman–Crippen LogP) is 1.80. The lowest BCUT2D eigenvalue weighted by Gasteiger charge is -2.32. The van der Waals surface area contributed by atoms with Crippen LogP contribution in [0.2, 0.25) is 0 Å². The van der Waals surface area contributed by atoms with Crippen LogP contribution < -0.4 is 11.0 Å². The van der Waals surface area contributed by atoms with Gasteiger partial charge in [-0.1, -0.05) is 19.9 Å². The van der Waals surface area contributed by atoms with Gasteiger partial charge in [0.25, 0.3) is 5.56 Å². The summed E-state index contributed by atoms with van der Waals surface area (Å²) in [4.78, 5) is 14.5. The molecule has 2 heterocycles. The number of hydrogen-bond acceptors (Lipinski definition) is 3. The molecule has 0 unspecified atom stereocenters. The summed E-state index contributed by atoms with van der Waals surface area (Å²) >= 11 is 0. The lowest BCUT2D eigenvalue weighted by atomic mass is 9.79. The molecule has 1 aliphatic heterocycles. The lowest BCUT2D eigenvalue weighted by Crippen LogP contribution is -2.41. The molecule has 0 aromatic carbocycles. The zero-order chi connectivity index (χ0) is 14.4. The summed E-state index contributed by atoms with van der Waals surface area (Å²) in [6, 6.07) is 1.88. The van der Waals surface area contributed by atoms with Crippen LogP contribution in [0.4, 0.5) is 0 Å². The topological polar surface area (TPSA) is 51.3 Å². The standard InChI is InChI=1S/C14H22BNO3/c1-9(2)11-7-10(8-16-12(11)17)15-18-13(3,4)14(5,6)19-15/h7-9H,1-6H3,(H,16,17). The van der Waals surface area contributed by atoms with Gasteiger partial charge >= 0.3 is 7.12 Å². The van der Waals surface area contributed by atoms with E-state index in [1.54, 1.807) is 6.20 Å². The quantitative estimate of drug-likeness (QED) is 0.828. The van der Waals surface area contributed by atoms with E-state index in [0.29, 0.717) is 0 Å². The van der Waals surface area contributed by atoms with Gasteiger partial charge in [-0.15, -0.1) is 0 Å². The van der Waals surface area contributed by atoms with Gasteiger partial charge in [-0.2, -0.15) is 0 Å². The summed E-state index contributed by atoms with van der Waals surface area (Å²) in [5, 5.41) is 0. The highest BCUT2D eigenvalue weighted by molar-refractivity contribution is 6.62. The van der Waals surface area contributed by atoms with Crippen LogP contribution >= 0.6 is 0 Å². The molecular weight excluding hydrogens is 241 g/mol. The lowest BCUT2D eigenvalue weighted by molar-refractivity contribution is 0.00578. The third kappa shape index (κ3) is 2.49. The number of rotatable bonds is 2. The van der Waals surface area contributed by atoms with Crippen molar-refractivity contribution >= 4 is 12.6 Å². The van der Waals surface area contributed by atoms with E-state index in [2.05, 4.69) is 4.98 Å². The number of hydrogen-bond donors (Lipinski definition) is 1. The summed E-state index contributed by atoms with van der Waals surface area (Å²) in [6.07, 6.45) is 1.68. The van der Waals surface area contributed by atoms with Crippen LogP contribution in [0.1, 0.15) is 53.0 Å². The van der Waals surface area contributed by atoms with Crippen LogP contribution in [0.25, 0.3) is 0 Å². The summed E-state index contributed by atoms with van der Waals surface area (Å²) in [6.45, 7) is 12.1. The second-order valence-electron chi connectivity index (χ2n) is 6.46. The van der Waals surface area contributed by atoms with Crippen molar-refractivity contribution in [2.75, 3.05) is 0 Å². The van der Waals surface area contributed by atoms with E-state index in [4.69, 9.17) is 9.31 Å². The molecule has 0 bridgehead atoms. The maximum atomic E-state index is 11.7. The Balaban J connectivity index is 2.35. The van der Waals surface area contributed by atoms with E-state index in [1.165, 1.54) is 0 Å². The third-order valence-corrected chi connectivity index (χ3v) is 4.10. The first kappa shape index (κ1) is 14.3. The maximum absolute atomic E-state index is 11.7. The second kappa shape index (κ2) is 4.49. The van der Waals surface area contributed by atoms with Crippen molar-refractivity contribution in [1.29, 1.82) is 0 Å². The first-order valence-electron chi connectivity index (χ1n) is 6.72. The smallest absolute Gasteiger partial charge is 0.399 e. The fraction of sp³-hybridized carbons (Fsp3) is 0.643. The van der Waals surface area contributed by atoms with Crippen molar-refractivity contribution in [3.63, 3.8) is 0 Å². The molecule has 1 N–H and O–H groups in total. The van der Waals surface area contributed by atoms with Gasteiger partial charge in [-0.3, -0.25) is 4.79 Å². The highest BCUT2D eigenvalue weighted by atomic mass is 16.7. The van der Waals surface area contributed by atoms with Gasteiger partial charge in [0, 0.05) is 11.8 Å². The Bertz CT molecular complexity index is 518. The van der Waals surface area contributed by atoms with Crippen LogP contribution in [0.5, 0.6) is 0 Å². The minimum absolute atomic E-state index is 0.0460. The molecule has 4 nitrogen and oxygen atoms in total. The summed E-state index contributed by atoms with van der Waals surface area (Å²) in [7, 11) is -0.431. The average Bonchev–Trinajstić information content (AvgIpc) is 2.48. The van der Waals surface area contributed by atoms with Crippen LogP contribution in [0.15, 0.2) is 17.1 Å². The van der Waals surface area contributed by atoms with Crippen molar-refractivity contribution in [1.82, 2.24) is 4.98 Å². The van der Waals surface area contributed by atoms with Crippen molar-refractivity contribution < 1.29 is 9.31 Å². The Morgan fingerprint density at radius 3 is 2.16 bits per heavy atom. The Labute approximate surface area is 114 Å². The van der Waals surface area contributed by atoms with Crippen LogP contribution in [0, 0.1) is 0 Å². The minimum atomic E-state index is -0.431. The van der Waals surface area contributed by atoms with Gasteiger partial charge < -0.3 is 14.3 Å². The Hall–Kier alpha value is -1.07. The van der Waals surface area contributed by atoms with Crippen molar-refractivity contribution in [3.05, 3.63) is 28.2 Å². The number of nitrogens with one attached hydrogen (secondary N) is 1. The van der Waals surface area contributed by atoms with E-state index >= 15 is 0 Å². The first-order valence-corrected chi connectivity index (χ1v) is 6.72. The number of pyridine rings is 1. The fourth-order valence-electron chi connectivity index (χ4n) is 2.06. The maximum Gasteiger partial charge on any atom is 0.496 e. The third-order valence-electron chi connectivity index (χ3n) is 4.10. The zero-order valence-corrected chi connectivity index (χ0v) is 12.5. The van der Waals surface area contributed by atoms with E-state index in [0.717, 1.165) is 11.0 Å². The SMILES string of the molecule is CC(C)c1cc(B2OC(C)(C)C(C)(C)O2)c[nH]c1=O. The molecule has 1 aromatic rings. The molecular formula is C14H22BNO3. The van der Waals surface area contributed by atoms with E-state index in [9.17, 15) is 4.79 Å². The molecule has 0 amide bonds. The molecule has 1 aliphatic rings. The largest absolute Gasteiger partial charge is 0.496 e. The normalized spacial score (nSPS) is 21.1. The molecule has 1 fully saturated rings. The van der Waals surface area contributed by atoms with E-state index in [1.807, 2.05) is 47.6 Å². The molecule has 19 heavy (non-hydrogen) atoms. The summed E-state index contributed by atoms with van der Waals surface area (Å²) < 4.78 is 12.0. The van der Waals surface area contributed by atoms with Gasteiger partial charge in [0.1, 0.15) is 0 Å². The molecule has 1 saturated heterocycles. The summed E-state index contributed by atoms with van der Waals surface area (Å²) in [5.74, 6) is 0.172. The highest BCUT2D eigenvalue weighted by Gasteiger charge is 2.51. The van der Waals surface area contributed by atoms with Crippen LogP contribution in [-0.4, -0.2) is 23.3 Å². The number of aromatic amines is 1. The van der Waals surface area contributed by atoms with Gasteiger partial charge in [0.05, 0.1) is 11.2 Å². The molecule has 104 valence electrons. The van der Waals surface area contributed by atoms with Crippen LogP contribution in [0.3, 0.4) is 0 Å². The first-order chi connectivity index (χ1) is 8.64. The summed E-state index contributed by atoms with van der Waals surface area (Å²) in [5.41, 5.74) is 0.835. The van der Waals surface area contributed by atoms with Gasteiger partial charge in [-0.05, 0) is 39.1 Å². The molecule has 2 rings (SSSR count). The number of aromatic nitrogens is 1. The van der Waals surface area contributed by atoms with Gasteiger partial charge in [-0.25, -0.2) is 0 Å². The monoisotopic (exact) mass is 263 g/mol. The highest BCUT2D eigenvalue weighted by Crippen LogP contribution is 2.36. The molecule has 0 saturated carbocycles. The predicted molar refractivity (Wildman–Crippen MR) is 76.9 cm³/mol. The molecule has 0 radical (unpaired) electrons. The van der Waals surface area contributed by atoms with Gasteiger partial charge in [0.2, 0.25) is 0 Å². The molecule has 5 heteroatoms. The van der Waals surface area contributed by atoms with E-state index < -0.39 is 7.12 Å². The van der Waals surface area contributed by atoms with Crippen molar-refractivity contribution in [2.45, 2.75) is 58.7 Å². The second-order valence-corrected chi connectivity index (χ2v) is 6.46. The molecule has 0 aliphatic carbocycles. The van der Waals surface area contributed by atoms with Crippen molar-refractivity contribution in [2.24, 2.45) is 0 Å². The van der Waals surface area contributed by atoms with Gasteiger partial charge in [0.15, 0.2) is 0 Å². The average molecular weight is 263 g/mol. The Morgan fingerprint density at radius 1 is 1.16 bits per heavy atom. The number of H-pyrrole nitrogens is 1. The molecule has 0 atom stereocenters. The molecule has 1 aromatic heterocycles. The zero-order valence-electron chi connectivity index (χ0n) is 12.5. The Morgan fingerprint density at radius 2 is 1.68 bits per heavy atom. The Kier molecular flexibility index (Phi) is 3.39. The minimum Gasteiger partial charge on any atom is -0.399 e. The fourth-order valence-corrected chi connectivity index (χ4v) is 2.06. The molecule has 0 spiro atoms. The van der Waals surface area contributed by atoms with Crippen molar-refractivity contribution in [3.8, 4) is 0 Å². The van der Waals surface area contributed by atoms with E-state index in [-0.39, 0.29) is 22.7 Å². The van der Waals surface area contributed by atoms with Crippen LogP contribution in [-0.2, 0) is 9.31 Å².